The van der Waals surface area contributed by atoms with E-state index in [1.54, 1.807) is 12.1 Å². The first-order chi connectivity index (χ1) is 16.2. The van der Waals surface area contributed by atoms with E-state index in [1.807, 2.05) is 34.0 Å². The average molecular weight is 481 g/mol. The van der Waals surface area contributed by atoms with Crippen molar-refractivity contribution in [2.24, 2.45) is 0 Å². The van der Waals surface area contributed by atoms with Gasteiger partial charge in [-0.05, 0) is 64.3 Å². The van der Waals surface area contributed by atoms with Gasteiger partial charge in [0.2, 0.25) is 0 Å². The van der Waals surface area contributed by atoms with Gasteiger partial charge < -0.3 is 9.80 Å². The Hall–Kier alpha value is -3.23. The molecule has 6 nitrogen and oxygen atoms in total. The molecule has 34 heavy (non-hydrogen) atoms. The highest BCUT2D eigenvalue weighted by atomic mass is 35.5. The summed E-state index contributed by atoms with van der Waals surface area (Å²) in [6, 6.07) is 9.53. The number of anilines is 1. The fourth-order valence-electron chi connectivity index (χ4n) is 3.99. The highest BCUT2D eigenvalue weighted by Crippen LogP contribution is 2.33. The molecular formula is C25H23ClF2N6. The second kappa shape index (κ2) is 8.52. The zero-order valence-corrected chi connectivity index (χ0v) is 20.0. The lowest BCUT2D eigenvalue weighted by Gasteiger charge is -2.44. The van der Waals surface area contributed by atoms with E-state index in [0.29, 0.717) is 34.2 Å². The number of fused-ring (bicyclic) bond motifs is 1. The van der Waals surface area contributed by atoms with Crippen LogP contribution in [0.2, 0.25) is 5.02 Å². The second-order valence-electron chi connectivity index (χ2n) is 8.81. The second-order valence-corrected chi connectivity index (χ2v) is 9.24. The van der Waals surface area contributed by atoms with Crippen molar-refractivity contribution in [1.29, 1.82) is 0 Å². The molecule has 9 heteroatoms. The van der Waals surface area contributed by atoms with Crippen LogP contribution in [-0.4, -0.2) is 58.1 Å². The van der Waals surface area contributed by atoms with Crippen molar-refractivity contribution in [2.75, 3.05) is 32.1 Å². The number of nitrogens with zero attached hydrogens (tertiary/aromatic N) is 6. The van der Waals surface area contributed by atoms with Gasteiger partial charge in [-0.3, -0.25) is 0 Å². The van der Waals surface area contributed by atoms with Crippen molar-refractivity contribution < 1.29 is 8.78 Å². The molecule has 0 amide bonds. The molecule has 1 aliphatic rings. The van der Waals surface area contributed by atoms with Crippen LogP contribution >= 0.6 is 11.6 Å². The van der Waals surface area contributed by atoms with Crippen LogP contribution in [0.4, 0.5) is 14.5 Å². The van der Waals surface area contributed by atoms with Crippen LogP contribution in [0.3, 0.4) is 0 Å². The summed E-state index contributed by atoms with van der Waals surface area (Å²) in [6.07, 6.45) is 0. The Morgan fingerprint density at radius 2 is 1.68 bits per heavy atom. The highest BCUT2D eigenvalue weighted by molar-refractivity contribution is 6.30. The first kappa shape index (κ1) is 22.6. The number of benzene rings is 2. The van der Waals surface area contributed by atoms with Gasteiger partial charge in [0.15, 0.2) is 11.5 Å². The molecule has 2 aromatic carbocycles. The zero-order valence-electron chi connectivity index (χ0n) is 19.3. The summed E-state index contributed by atoms with van der Waals surface area (Å²) in [5.41, 5.74) is 3.84. The van der Waals surface area contributed by atoms with Crippen molar-refractivity contribution >= 4 is 28.5 Å². The van der Waals surface area contributed by atoms with Crippen molar-refractivity contribution in [3.05, 3.63) is 64.4 Å². The largest absolute Gasteiger partial charge is 0.368 e. The van der Waals surface area contributed by atoms with Gasteiger partial charge in [0.05, 0.1) is 11.4 Å². The molecular weight excluding hydrogens is 458 g/mol. The van der Waals surface area contributed by atoms with Crippen molar-refractivity contribution in [1.82, 2.24) is 24.8 Å². The number of hydrogen-bond donors (Lipinski definition) is 0. The average Bonchev–Trinajstić information content (AvgIpc) is 2.72. The normalized spacial score (nSPS) is 14.2. The zero-order chi connectivity index (χ0) is 24.1. The number of hydrogen-bond acceptors (Lipinski definition) is 6. The van der Waals surface area contributed by atoms with Crippen molar-refractivity contribution in [3.8, 4) is 22.6 Å². The Morgan fingerprint density at radius 1 is 0.941 bits per heavy atom. The first-order valence-corrected chi connectivity index (χ1v) is 11.3. The maximum absolute atomic E-state index is 14.9. The van der Waals surface area contributed by atoms with Gasteiger partial charge in [-0.2, -0.15) is 0 Å². The van der Waals surface area contributed by atoms with Gasteiger partial charge >= 0.3 is 0 Å². The molecule has 1 aliphatic heterocycles. The van der Waals surface area contributed by atoms with Gasteiger partial charge in [-0.25, -0.2) is 28.7 Å². The summed E-state index contributed by atoms with van der Waals surface area (Å²) in [5, 5.41) is 0.276. The molecule has 0 bridgehead atoms. The molecule has 0 saturated carbocycles. The third-order valence-electron chi connectivity index (χ3n) is 6.23. The Balaban J connectivity index is 1.67. The lowest BCUT2D eigenvalue weighted by molar-refractivity contribution is 0.247. The van der Waals surface area contributed by atoms with E-state index in [0.717, 1.165) is 18.8 Å². The van der Waals surface area contributed by atoms with Crippen LogP contribution in [0.5, 0.6) is 0 Å². The van der Waals surface area contributed by atoms with Crippen LogP contribution in [0.15, 0.2) is 36.4 Å². The van der Waals surface area contributed by atoms with E-state index in [1.165, 1.54) is 18.2 Å². The molecule has 2 aromatic heterocycles. The number of likely N-dealkylation sites (N-methyl/N-ethyl adjacent to an activating group) is 1. The predicted octanol–water partition coefficient (Wildman–Crippen LogP) is 5.05. The molecule has 174 valence electrons. The minimum atomic E-state index is -0.534. The number of rotatable bonds is 4. The van der Waals surface area contributed by atoms with Crippen LogP contribution < -0.4 is 4.90 Å². The topological polar surface area (TPSA) is 58.0 Å². The molecule has 4 aromatic rings. The highest BCUT2D eigenvalue weighted by Gasteiger charge is 2.29. The minimum absolute atomic E-state index is 0.226. The van der Waals surface area contributed by atoms with E-state index in [9.17, 15) is 8.78 Å². The molecule has 3 heterocycles. The smallest absolute Gasteiger partial charge is 0.182 e. The fourth-order valence-corrected chi connectivity index (χ4v) is 4.15. The van der Waals surface area contributed by atoms with E-state index in [2.05, 4.69) is 29.7 Å². The summed E-state index contributed by atoms with van der Waals surface area (Å²) in [5.74, 6) is -0.677. The molecule has 5 rings (SSSR count). The fraction of sp³-hybridized carbons (Fsp3) is 0.280. The summed E-state index contributed by atoms with van der Waals surface area (Å²) >= 11 is 5.96. The molecule has 0 spiro atoms. The Kier molecular flexibility index (Phi) is 5.65. The minimum Gasteiger partial charge on any atom is -0.368 e. The van der Waals surface area contributed by atoms with E-state index >= 15 is 0 Å². The van der Waals surface area contributed by atoms with Gasteiger partial charge in [0.25, 0.3) is 0 Å². The van der Waals surface area contributed by atoms with Crippen LogP contribution in [0, 0.1) is 25.5 Å². The van der Waals surface area contributed by atoms with Gasteiger partial charge in [0, 0.05) is 41.0 Å². The maximum atomic E-state index is 14.9. The quantitative estimate of drug-likeness (QED) is 0.407. The lowest BCUT2D eigenvalue weighted by Crippen LogP contribution is -2.57. The van der Waals surface area contributed by atoms with E-state index < -0.39 is 11.6 Å². The van der Waals surface area contributed by atoms with Crippen LogP contribution in [0.25, 0.3) is 33.8 Å². The third-order valence-corrected chi connectivity index (χ3v) is 6.46. The van der Waals surface area contributed by atoms with E-state index in [4.69, 9.17) is 11.6 Å². The molecule has 1 saturated heterocycles. The number of aromatic nitrogens is 4. The summed E-state index contributed by atoms with van der Waals surface area (Å²) < 4.78 is 29.6. The van der Waals surface area contributed by atoms with Gasteiger partial charge in [-0.15, -0.1) is 0 Å². The molecule has 0 unspecified atom stereocenters. The number of halogens is 3. The maximum Gasteiger partial charge on any atom is 0.182 e. The monoisotopic (exact) mass is 480 g/mol. The molecule has 0 aliphatic carbocycles. The molecule has 0 atom stereocenters. The van der Waals surface area contributed by atoms with Gasteiger partial charge in [0.1, 0.15) is 22.8 Å². The summed E-state index contributed by atoms with van der Waals surface area (Å²) in [4.78, 5) is 22.6. The molecule has 0 N–H and O–H groups in total. The number of aryl methyl sites for hydroxylation is 2. The van der Waals surface area contributed by atoms with Crippen molar-refractivity contribution in [2.45, 2.75) is 19.9 Å². The van der Waals surface area contributed by atoms with Crippen LogP contribution in [-0.2, 0) is 0 Å². The SMILES string of the molecule is Cc1nc2nc(-c3cc(F)cc(N4CC(N(C)C)C4)c3)nc(-c3ccc(Cl)cc3F)c2nc1C. The van der Waals surface area contributed by atoms with Crippen molar-refractivity contribution in [3.63, 3.8) is 0 Å². The van der Waals surface area contributed by atoms with Gasteiger partial charge in [-0.1, -0.05) is 11.6 Å². The Bertz CT molecular complexity index is 1420. The Labute approximate surface area is 201 Å². The van der Waals surface area contributed by atoms with Crippen LogP contribution in [0.1, 0.15) is 11.4 Å². The molecule has 0 radical (unpaired) electrons. The predicted molar refractivity (Wildman–Crippen MR) is 130 cm³/mol. The third kappa shape index (κ3) is 4.08. The standard InChI is InChI=1S/C25H23ClF2N6/c1-13-14(2)30-25-23(29-13)22(20-6-5-16(26)9-21(20)28)31-24(32-25)15-7-17(27)10-18(8-15)34-11-19(12-34)33(3)4/h5-10,19H,11-12H2,1-4H3. The van der Waals surface area contributed by atoms with E-state index in [-0.39, 0.29) is 22.1 Å². The lowest BCUT2D eigenvalue weighted by atomic mass is 10.0. The summed E-state index contributed by atoms with van der Waals surface area (Å²) in [6.45, 7) is 5.27. The summed E-state index contributed by atoms with van der Waals surface area (Å²) in [7, 11) is 4.06. The Morgan fingerprint density at radius 3 is 2.38 bits per heavy atom. The first-order valence-electron chi connectivity index (χ1n) is 10.9. The molecule has 1 fully saturated rings.